The second kappa shape index (κ2) is 5.08. The molecule has 4 nitrogen and oxygen atoms in total. The Labute approximate surface area is 107 Å². The summed E-state index contributed by atoms with van der Waals surface area (Å²) in [5, 5.41) is 3.81. The van der Waals surface area contributed by atoms with E-state index in [4.69, 9.17) is 17.3 Å². The largest absolute Gasteiger partial charge is 0.368 e. The highest BCUT2D eigenvalue weighted by Gasteiger charge is 2.27. The Hall–Kier alpha value is -1.03. The molecule has 0 saturated heterocycles. The van der Waals surface area contributed by atoms with E-state index in [0.717, 1.165) is 11.7 Å². The number of nitrogen functional groups attached to an aromatic ring is 1. The van der Waals surface area contributed by atoms with Crippen molar-refractivity contribution in [2.75, 3.05) is 11.1 Å². The summed E-state index contributed by atoms with van der Waals surface area (Å²) in [5.41, 5.74) is 5.58. The van der Waals surface area contributed by atoms with E-state index in [2.05, 4.69) is 29.1 Å². The van der Waals surface area contributed by atoms with Gasteiger partial charge in [0, 0.05) is 12.1 Å². The summed E-state index contributed by atoms with van der Waals surface area (Å²) < 4.78 is 0. The van der Waals surface area contributed by atoms with Crippen LogP contribution < -0.4 is 11.1 Å². The number of aromatic nitrogens is 2. The van der Waals surface area contributed by atoms with Crippen molar-refractivity contribution in [3.63, 3.8) is 0 Å². The number of nitrogens with zero attached hydrogens (tertiary/aromatic N) is 2. The standard InChI is InChI=1S/C12H19ClN4/c1-7-4-3-5-9(8(7)2)15-11-6-10(13)16-12(14)17-11/h6-9H,3-5H2,1-2H3,(H3,14,15,16,17)/t7-,8-,9+/m1/s1. The lowest BCUT2D eigenvalue weighted by atomic mass is 9.78. The highest BCUT2D eigenvalue weighted by molar-refractivity contribution is 6.29. The summed E-state index contributed by atoms with van der Waals surface area (Å²) in [7, 11) is 0. The van der Waals surface area contributed by atoms with Crippen molar-refractivity contribution in [2.24, 2.45) is 11.8 Å². The van der Waals surface area contributed by atoms with Crippen LogP contribution in [0.3, 0.4) is 0 Å². The maximum Gasteiger partial charge on any atom is 0.223 e. The van der Waals surface area contributed by atoms with E-state index in [-0.39, 0.29) is 5.95 Å². The van der Waals surface area contributed by atoms with Crippen molar-refractivity contribution in [1.82, 2.24) is 9.97 Å². The Morgan fingerprint density at radius 2 is 2.12 bits per heavy atom. The molecule has 0 unspecified atom stereocenters. The Kier molecular flexibility index (Phi) is 3.72. The van der Waals surface area contributed by atoms with E-state index in [1.807, 2.05) is 0 Å². The van der Waals surface area contributed by atoms with Gasteiger partial charge in [-0.15, -0.1) is 0 Å². The first-order valence-corrected chi connectivity index (χ1v) is 6.50. The fourth-order valence-corrected chi connectivity index (χ4v) is 2.67. The quantitative estimate of drug-likeness (QED) is 0.797. The number of nitrogens with one attached hydrogen (secondary N) is 1. The zero-order chi connectivity index (χ0) is 12.4. The summed E-state index contributed by atoms with van der Waals surface area (Å²) in [5.74, 6) is 2.33. The number of rotatable bonds is 2. The average molecular weight is 255 g/mol. The first-order chi connectivity index (χ1) is 8.06. The van der Waals surface area contributed by atoms with Gasteiger partial charge in [-0.2, -0.15) is 4.98 Å². The Bertz CT molecular complexity index is 376. The lowest BCUT2D eigenvalue weighted by molar-refractivity contribution is 0.253. The number of hydrogen-bond donors (Lipinski definition) is 2. The van der Waals surface area contributed by atoms with E-state index >= 15 is 0 Å². The molecule has 1 saturated carbocycles. The molecule has 0 spiro atoms. The Morgan fingerprint density at radius 1 is 1.35 bits per heavy atom. The molecule has 3 atom stereocenters. The molecule has 1 aliphatic rings. The maximum atomic E-state index is 5.86. The van der Waals surface area contributed by atoms with E-state index in [9.17, 15) is 0 Å². The van der Waals surface area contributed by atoms with E-state index in [1.54, 1.807) is 6.07 Å². The lowest BCUT2D eigenvalue weighted by Crippen LogP contribution is -2.35. The second-order valence-electron chi connectivity index (χ2n) is 4.95. The number of anilines is 2. The molecule has 3 N–H and O–H groups in total. The zero-order valence-corrected chi connectivity index (χ0v) is 11.0. The van der Waals surface area contributed by atoms with Crippen LogP contribution in [0, 0.1) is 11.8 Å². The van der Waals surface area contributed by atoms with Crippen molar-refractivity contribution in [3.8, 4) is 0 Å². The van der Waals surface area contributed by atoms with E-state index in [1.165, 1.54) is 19.3 Å². The van der Waals surface area contributed by atoms with Gasteiger partial charge in [0.2, 0.25) is 5.95 Å². The van der Waals surface area contributed by atoms with Gasteiger partial charge in [-0.1, -0.05) is 38.3 Å². The molecule has 1 aromatic rings. The van der Waals surface area contributed by atoms with Crippen LogP contribution in [-0.2, 0) is 0 Å². The minimum Gasteiger partial charge on any atom is -0.368 e. The lowest BCUT2D eigenvalue weighted by Gasteiger charge is -2.34. The molecular weight excluding hydrogens is 236 g/mol. The van der Waals surface area contributed by atoms with Gasteiger partial charge in [0.05, 0.1) is 0 Å². The van der Waals surface area contributed by atoms with Crippen LogP contribution in [0.25, 0.3) is 0 Å². The molecule has 0 aliphatic heterocycles. The third-order valence-corrected chi connectivity index (χ3v) is 3.95. The average Bonchev–Trinajstić information content (AvgIpc) is 2.23. The molecule has 0 amide bonds. The van der Waals surface area contributed by atoms with Crippen LogP contribution in [-0.4, -0.2) is 16.0 Å². The van der Waals surface area contributed by atoms with E-state index in [0.29, 0.717) is 17.1 Å². The number of nitrogens with two attached hydrogens (primary N) is 1. The smallest absolute Gasteiger partial charge is 0.223 e. The molecular formula is C12H19ClN4. The normalized spacial score (nSPS) is 29.0. The predicted molar refractivity (Wildman–Crippen MR) is 71.0 cm³/mol. The molecule has 94 valence electrons. The molecule has 0 radical (unpaired) electrons. The summed E-state index contributed by atoms with van der Waals surface area (Å²) in [6.45, 7) is 4.59. The second-order valence-corrected chi connectivity index (χ2v) is 5.34. The van der Waals surface area contributed by atoms with Crippen molar-refractivity contribution >= 4 is 23.4 Å². The highest BCUT2D eigenvalue weighted by Crippen LogP contribution is 2.31. The van der Waals surface area contributed by atoms with Gasteiger partial charge in [-0.25, -0.2) is 4.98 Å². The van der Waals surface area contributed by atoms with Gasteiger partial charge >= 0.3 is 0 Å². The summed E-state index contributed by atoms with van der Waals surface area (Å²) in [6.07, 6.45) is 3.75. The molecule has 1 fully saturated rings. The summed E-state index contributed by atoms with van der Waals surface area (Å²) in [4.78, 5) is 8.01. The van der Waals surface area contributed by atoms with Crippen molar-refractivity contribution in [1.29, 1.82) is 0 Å². The van der Waals surface area contributed by atoms with Crippen molar-refractivity contribution in [2.45, 2.75) is 39.2 Å². The molecule has 5 heteroatoms. The SMILES string of the molecule is C[C@@H]1[C@H](C)CCC[C@@H]1Nc1cc(Cl)nc(N)n1. The molecule has 17 heavy (non-hydrogen) atoms. The van der Waals surface area contributed by atoms with Gasteiger partial charge in [0.25, 0.3) is 0 Å². The zero-order valence-electron chi connectivity index (χ0n) is 10.3. The number of hydrogen-bond acceptors (Lipinski definition) is 4. The van der Waals surface area contributed by atoms with Crippen molar-refractivity contribution in [3.05, 3.63) is 11.2 Å². The van der Waals surface area contributed by atoms with Gasteiger partial charge < -0.3 is 11.1 Å². The Balaban J connectivity index is 2.09. The van der Waals surface area contributed by atoms with Crippen LogP contribution in [0.15, 0.2) is 6.07 Å². The molecule has 0 aromatic carbocycles. The highest BCUT2D eigenvalue weighted by atomic mass is 35.5. The molecule has 1 aromatic heterocycles. The topological polar surface area (TPSA) is 63.8 Å². The molecule has 0 bridgehead atoms. The maximum absolute atomic E-state index is 5.86. The van der Waals surface area contributed by atoms with Crippen LogP contribution >= 0.6 is 11.6 Å². The molecule has 2 rings (SSSR count). The van der Waals surface area contributed by atoms with Gasteiger partial charge in [-0.05, 0) is 18.3 Å². The van der Waals surface area contributed by atoms with Crippen LogP contribution in [0.5, 0.6) is 0 Å². The van der Waals surface area contributed by atoms with Crippen LogP contribution in [0.4, 0.5) is 11.8 Å². The fourth-order valence-electron chi connectivity index (χ4n) is 2.48. The monoisotopic (exact) mass is 254 g/mol. The molecule has 1 aliphatic carbocycles. The van der Waals surface area contributed by atoms with Gasteiger partial charge in [0.15, 0.2) is 0 Å². The molecule has 1 heterocycles. The van der Waals surface area contributed by atoms with Gasteiger partial charge in [0.1, 0.15) is 11.0 Å². The first-order valence-electron chi connectivity index (χ1n) is 6.13. The summed E-state index contributed by atoms with van der Waals surface area (Å²) >= 11 is 5.86. The van der Waals surface area contributed by atoms with E-state index < -0.39 is 0 Å². The third kappa shape index (κ3) is 3.00. The minimum absolute atomic E-state index is 0.219. The first kappa shape index (κ1) is 12.4. The predicted octanol–water partition coefficient (Wildman–Crippen LogP) is 2.95. The summed E-state index contributed by atoms with van der Waals surface area (Å²) in [6, 6.07) is 2.17. The van der Waals surface area contributed by atoms with Crippen LogP contribution in [0.1, 0.15) is 33.1 Å². The number of halogens is 1. The minimum atomic E-state index is 0.219. The van der Waals surface area contributed by atoms with Crippen LogP contribution in [0.2, 0.25) is 5.15 Å². The third-order valence-electron chi connectivity index (χ3n) is 3.75. The van der Waals surface area contributed by atoms with Gasteiger partial charge in [-0.3, -0.25) is 0 Å². The fraction of sp³-hybridized carbons (Fsp3) is 0.667. The Morgan fingerprint density at radius 3 is 2.82 bits per heavy atom. The van der Waals surface area contributed by atoms with Crippen molar-refractivity contribution < 1.29 is 0 Å².